The number of carbonyl (C=O) groups excluding carboxylic acids is 2. The summed E-state index contributed by atoms with van der Waals surface area (Å²) >= 11 is 0. The Bertz CT molecular complexity index is 611. The van der Waals surface area contributed by atoms with Crippen LogP contribution >= 0.6 is 0 Å². The Morgan fingerprint density at radius 3 is 2.09 bits per heavy atom. The van der Waals surface area contributed by atoms with E-state index in [4.69, 9.17) is 4.74 Å². The Kier molecular flexibility index (Phi) is 5.86. The molecule has 4 heteroatoms. The third-order valence-corrected chi connectivity index (χ3v) is 3.29. The van der Waals surface area contributed by atoms with Gasteiger partial charge < -0.3 is 4.74 Å². The molecule has 0 saturated heterocycles. The molecular weight excluding hydrogens is 278 g/mol. The molecule has 0 bridgehead atoms. The summed E-state index contributed by atoms with van der Waals surface area (Å²) in [5.74, 6) is -0.364. The van der Waals surface area contributed by atoms with Gasteiger partial charge in [-0.1, -0.05) is 60.7 Å². The average molecular weight is 297 g/mol. The van der Waals surface area contributed by atoms with Gasteiger partial charge in [0.05, 0.1) is 20.2 Å². The Balaban J connectivity index is 2.07. The Labute approximate surface area is 130 Å². The van der Waals surface area contributed by atoms with Crippen LogP contribution in [0.3, 0.4) is 0 Å². The van der Waals surface area contributed by atoms with E-state index >= 15 is 0 Å². The van der Waals surface area contributed by atoms with Crippen LogP contribution in [0.5, 0.6) is 0 Å². The van der Waals surface area contributed by atoms with Gasteiger partial charge in [0, 0.05) is 12.1 Å². The van der Waals surface area contributed by atoms with Gasteiger partial charge in [-0.15, -0.1) is 0 Å². The molecule has 2 rings (SSSR count). The number of rotatable bonds is 7. The third kappa shape index (κ3) is 4.82. The molecule has 0 aliphatic rings. The number of esters is 1. The maximum absolute atomic E-state index is 12.3. The summed E-state index contributed by atoms with van der Waals surface area (Å²) in [5, 5.41) is 0. The number of benzene rings is 2. The summed E-state index contributed by atoms with van der Waals surface area (Å²) in [5.41, 5.74) is 1.69. The summed E-state index contributed by atoms with van der Waals surface area (Å²) in [6, 6.07) is 18.8. The predicted octanol–water partition coefficient (Wildman–Crippen LogP) is 2.54. The lowest BCUT2D eigenvalue weighted by Gasteiger charge is -2.20. The highest BCUT2D eigenvalue weighted by atomic mass is 16.5. The van der Waals surface area contributed by atoms with Crippen molar-refractivity contribution in [2.24, 2.45) is 0 Å². The standard InChI is InChI=1S/C18H19NO3/c1-22-18(21)14-19(12-15-8-4-2-5-9-15)13-17(20)16-10-6-3-7-11-16/h2-11H,12-14H2,1H3. The second-order valence-electron chi connectivity index (χ2n) is 5.00. The van der Waals surface area contributed by atoms with Gasteiger partial charge in [-0.3, -0.25) is 14.5 Å². The fraction of sp³-hybridized carbons (Fsp3) is 0.222. The van der Waals surface area contributed by atoms with E-state index in [1.807, 2.05) is 48.5 Å². The Morgan fingerprint density at radius 1 is 0.909 bits per heavy atom. The van der Waals surface area contributed by atoms with E-state index < -0.39 is 0 Å². The summed E-state index contributed by atoms with van der Waals surface area (Å²) < 4.78 is 4.71. The molecule has 0 aliphatic carbocycles. The lowest BCUT2D eigenvalue weighted by molar-refractivity contribution is -0.141. The molecule has 0 fully saturated rings. The van der Waals surface area contributed by atoms with Gasteiger partial charge in [0.15, 0.2) is 5.78 Å². The lowest BCUT2D eigenvalue weighted by atomic mass is 10.1. The van der Waals surface area contributed by atoms with Crippen LogP contribution in [0.2, 0.25) is 0 Å². The summed E-state index contributed by atoms with van der Waals surface area (Å²) in [4.78, 5) is 25.7. The van der Waals surface area contributed by atoms with Crippen molar-refractivity contribution < 1.29 is 14.3 Å². The SMILES string of the molecule is COC(=O)CN(CC(=O)c1ccccc1)Cc1ccccc1. The number of nitrogens with zero attached hydrogens (tertiary/aromatic N) is 1. The first-order valence-electron chi connectivity index (χ1n) is 7.10. The van der Waals surface area contributed by atoms with Crippen LogP contribution in [0.1, 0.15) is 15.9 Å². The zero-order valence-corrected chi connectivity index (χ0v) is 12.6. The van der Waals surface area contributed by atoms with Crippen molar-refractivity contribution in [3.63, 3.8) is 0 Å². The molecule has 0 spiro atoms. The van der Waals surface area contributed by atoms with Crippen LogP contribution in [0, 0.1) is 0 Å². The number of ketones is 1. The molecular formula is C18H19NO3. The monoisotopic (exact) mass is 297 g/mol. The van der Waals surface area contributed by atoms with E-state index in [9.17, 15) is 9.59 Å². The highest BCUT2D eigenvalue weighted by molar-refractivity contribution is 5.97. The quantitative estimate of drug-likeness (QED) is 0.582. The first kappa shape index (κ1) is 15.9. The molecule has 4 nitrogen and oxygen atoms in total. The second kappa shape index (κ2) is 8.10. The van der Waals surface area contributed by atoms with Crippen molar-refractivity contribution in [1.82, 2.24) is 4.90 Å². The molecule has 2 aromatic rings. The molecule has 0 saturated carbocycles. The van der Waals surface area contributed by atoms with Gasteiger partial charge in [0.1, 0.15) is 0 Å². The van der Waals surface area contributed by atoms with Crippen molar-refractivity contribution in [2.45, 2.75) is 6.54 Å². The molecule has 0 N–H and O–H groups in total. The summed E-state index contributed by atoms with van der Waals surface area (Å²) in [7, 11) is 1.35. The maximum atomic E-state index is 12.3. The van der Waals surface area contributed by atoms with Crippen molar-refractivity contribution in [2.75, 3.05) is 20.2 Å². The normalized spacial score (nSPS) is 10.5. The fourth-order valence-electron chi connectivity index (χ4n) is 2.17. The fourth-order valence-corrected chi connectivity index (χ4v) is 2.17. The van der Waals surface area contributed by atoms with Crippen LogP contribution in [0.25, 0.3) is 0 Å². The van der Waals surface area contributed by atoms with Crippen molar-refractivity contribution >= 4 is 11.8 Å². The zero-order chi connectivity index (χ0) is 15.8. The highest BCUT2D eigenvalue weighted by Crippen LogP contribution is 2.07. The van der Waals surface area contributed by atoms with Crippen LogP contribution in [-0.2, 0) is 16.1 Å². The van der Waals surface area contributed by atoms with E-state index in [2.05, 4.69) is 0 Å². The Morgan fingerprint density at radius 2 is 1.50 bits per heavy atom. The molecule has 2 aromatic carbocycles. The number of methoxy groups -OCH3 is 1. The number of carbonyl (C=O) groups is 2. The minimum atomic E-state index is -0.350. The zero-order valence-electron chi connectivity index (χ0n) is 12.6. The van der Waals surface area contributed by atoms with Crippen LogP contribution in [0.15, 0.2) is 60.7 Å². The van der Waals surface area contributed by atoms with E-state index in [1.54, 1.807) is 17.0 Å². The summed E-state index contributed by atoms with van der Waals surface area (Å²) in [6.07, 6.45) is 0. The highest BCUT2D eigenvalue weighted by Gasteiger charge is 2.16. The number of ether oxygens (including phenoxy) is 1. The Hall–Kier alpha value is -2.46. The van der Waals surface area contributed by atoms with Crippen molar-refractivity contribution in [1.29, 1.82) is 0 Å². The number of hydrogen-bond donors (Lipinski definition) is 0. The third-order valence-electron chi connectivity index (χ3n) is 3.29. The van der Waals surface area contributed by atoms with Crippen molar-refractivity contribution in [3.05, 3.63) is 71.8 Å². The number of hydrogen-bond acceptors (Lipinski definition) is 4. The molecule has 0 unspecified atom stereocenters. The molecule has 0 atom stereocenters. The van der Waals surface area contributed by atoms with Gasteiger partial charge in [0.25, 0.3) is 0 Å². The molecule has 22 heavy (non-hydrogen) atoms. The van der Waals surface area contributed by atoms with Gasteiger partial charge in [-0.2, -0.15) is 0 Å². The maximum Gasteiger partial charge on any atom is 0.319 e. The molecule has 0 aromatic heterocycles. The summed E-state index contributed by atoms with van der Waals surface area (Å²) in [6.45, 7) is 0.784. The smallest absolute Gasteiger partial charge is 0.319 e. The van der Waals surface area contributed by atoms with E-state index in [1.165, 1.54) is 7.11 Å². The van der Waals surface area contributed by atoms with Gasteiger partial charge in [0.2, 0.25) is 0 Å². The molecule has 114 valence electrons. The average Bonchev–Trinajstić information content (AvgIpc) is 2.56. The first-order chi connectivity index (χ1) is 10.7. The van der Waals surface area contributed by atoms with Crippen LogP contribution < -0.4 is 0 Å². The van der Waals surface area contributed by atoms with Crippen molar-refractivity contribution in [3.8, 4) is 0 Å². The van der Waals surface area contributed by atoms with Crippen LogP contribution in [0.4, 0.5) is 0 Å². The second-order valence-corrected chi connectivity index (χ2v) is 5.00. The predicted molar refractivity (Wildman–Crippen MR) is 84.5 cm³/mol. The van der Waals surface area contributed by atoms with E-state index in [0.29, 0.717) is 12.1 Å². The minimum Gasteiger partial charge on any atom is -0.468 e. The first-order valence-corrected chi connectivity index (χ1v) is 7.10. The molecule has 0 amide bonds. The topological polar surface area (TPSA) is 46.6 Å². The minimum absolute atomic E-state index is 0.0135. The van der Waals surface area contributed by atoms with Gasteiger partial charge >= 0.3 is 5.97 Å². The van der Waals surface area contributed by atoms with Gasteiger partial charge in [-0.25, -0.2) is 0 Å². The molecule has 0 heterocycles. The molecule has 0 radical (unpaired) electrons. The lowest BCUT2D eigenvalue weighted by Crippen LogP contribution is -2.34. The molecule has 0 aliphatic heterocycles. The van der Waals surface area contributed by atoms with E-state index in [0.717, 1.165) is 5.56 Å². The largest absolute Gasteiger partial charge is 0.468 e. The van der Waals surface area contributed by atoms with E-state index in [-0.39, 0.29) is 24.8 Å². The van der Waals surface area contributed by atoms with Crippen LogP contribution in [-0.4, -0.2) is 36.9 Å². The van der Waals surface area contributed by atoms with Gasteiger partial charge in [-0.05, 0) is 5.56 Å². The number of Topliss-reactive ketones (excluding diaryl/α,β-unsaturated/α-hetero) is 1.